The highest BCUT2D eigenvalue weighted by Crippen LogP contribution is 2.17. The van der Waals surface area contributed by atoms with Crippen LogP contribution in [0.2, 0.25) is 0 Å². The van der Waals surface area contributed by atoms with E-state index in [9.17, 15) is 13.2 Å². The van der Waals surface area contributed by atoms with Crippen LogP contribution in [0.1, 0.15) is 29.6 Å². The fraction of sp³-hybridized carbons (Fsp3) is 0.462. The number of hydrazine groups is 1. The lowest BCUT2D eigenvalue weighted by Crippen LogP contribution is -2.45. The fourth-order valence-electron chi connectivity index (χ4n) is 2.18. The minimum Gasteiger partial charge on any atom is -0.399 e. The third kappa shape index (κ3) is 3.71. The van der Waals surface area contributed by atoms with Crippen LogP contribution in [-0.2, 0) is 9.84 Å². The first-order chi connectivity index (χ1) is 9.36. The molecule has 7 heteroatoms. The van der Waals surface area contributed by atoms with Crippen molar-refractivity contribution in [2.24, 2.45) is 0 Å². The SMILES string of the molecule is CS(=O)(=O)c1cc(N)cc(C(=O)NN2CCCCC2)c1. The molecule has 0 aliphatic carbocycles. The van der Waals surface area contributed by atoms with E-state index in [0.717, 1.165) is 32.2 Å². The lowest BCUT2D eigenvalue weighted by molar-refractivity contribution is 0.0750. The number of carbonyl (C=O) groups excluding carboxylic acids is 1. The van der Waals surface area contributed by atoms with Gasteiger partial charge in [-0.1, -0.05) is 6.42 Å². The molecule has 3 N–H and O–H groups in total. The Bertz CT molecular complexity index is 607. The van der Waals surface area contributed by atoms with Gasteiger partial charge in [-0.25, -0.2) is 13.4 Å². The van der Waals surface area contributed by atoms with E-state index in [0.29, 0.717) is 0 Å². The molecule has 20 heavy (non-hydrogen) atoms. The van der Waals surface area contributed by atoms with Crippen molar-refractivity contribution in [3.63, 3.8) is 0 Å². The van der Waals surface area contributed by atoms with Gasteiger partial charge in [-0.15, -0.1) is 0 Å². The van der Waals surface area contributed by atoms with E-state index in [1.165, 1.54) is 24.6 Å². The highest BCUT2D eigenvalue weighted by molar-refractivity contribution is 7.90. The van der Waals surface area contributed by atoms with Crippen LogP contribution in [0, 0.1) is 0 Å². The minimum absolute atomic E-state index is 0.0568. The first kappa shape index (κ1) is 14.8. The molecule has 0 radical (unpaired) electrons. The molecule has 6 nitrogen and oxygen atoms in total. The van der Waals surface area contributed by atoms with E-state index in [4.69, 9.17) is 5.73 Å². The van der Waals surface area contributed by atoms with Crippen LogP contribution in [0.5, 0.6) is 0 Å². The van der Waals surface area contributed by atoms with E-state index in [1.54, 1.807) is 0 Å². The summed E-state index contributed by atoms with van der Waals surface area (Å²) in [5, 5.41) is 1.86. The maximum atomic E-state index is 12.1. The first-order valence-corrected chi connectivity index (χ1v) is 8.42. The second-order valence-electron chi connectivity index (χ2n) is 5.05. The molecule has 1 fully saturated rings. The number of nitrogens with one attached hydrogen (secondary N) is 1. The molecule has 0 saturated carbocycles. The second kappa shape index (κ2) is 5.80. The summed E-state index contributed by atoms with van der Waals surface area (Å²) < 4.78 is 23.1. The van der Waals surface area contributed by atoms with Gasteiger partial charge in [-0.2, -0.15) is 0 Å². The molecule has 0 bridgehead atoms. The van der Waals surface area contributed by atoms with E-state index in [2.05, 4.69) is 5.43 Å². The number of rotatable bonds is 3. The summed E-state index contributed by atoms with van der Waals surface area (Å²) in [6, 6.07) is 4.19. The molecule has 0 unspecified atom stereocenters. The van der Waals surface area contributed by atoms with Gasteiger partial charge < -0.3 is 5.73 Å². The van der Waals surface area contributed by atoms with E-state index in [1.807, 2.05) is 5.01 Å². The maximum Gasteiger partial charge on any atom is 0.265 e. The predicted molar refractivity (Wildman–Crippen MR) is 76.9 cm³/mol. The molecule has 1 saturated heterocycles. The third-order valence-corrected chi connectivity index (χ3v) is 4.33. The lowest BCUT2D eigenvalue weighted by Gasteiger charge is -2.26. The molecule has 1 aromatic carbocycles. The number of nitrogen functional groups attached to an aromatic ring is 1. The van der Waals surface area contributed by atoms with Crippen LogP contribution in [0.25, 0.3) is 0 Å². The average Bonchev–Trinajstić information content (AvgIpc) is 2.38. The van der Waals surface area contributed by atoms with Crippen molar-refractivity contribution in [1.82, 2.24) is 10.4 Å². The zero-order chi connectivity index (χ0) is 14.8. The van der Waals surface area contributed by atoms with Crippen molar-refractivity contribution >= 4 is 21.4 Å². The average molecular weight is 297 g/mol. The van der Waals surface area contributed by atoms with Gasteiger partial charge in [0.25, 0.3) is 5.91 Å². The topological polar surface area (TPSA) is 92.5 Å². The Morgan fingerprint density at radius 2 is 1.85 bits per heavy atom. The number of piperidine rings is 1. The molecule has 110 valence electrons. The number of hydrogen-bond acceptors (Lipinski definition) is 5. The van der Waals surface area contributed by atoms with Crippen molar-refractivity contribution in [1.29, 1.82) is 0 Å². The van der Waals surface area contributed by atoms with Gasteiger partial charge in [-0.3, -0.25) is 10.2 Å². The Labute approximate surface area is 118 Å². The summed E-state index contributed by atoms with van der Waals surface area (Å²) >= 11 is 0. The zero-order valence-corrected chi connectivity index (χ0v) is 12.2. The number of sulfone groups is 1. The molecule has 1 amide bonds. The van der Waals surface area contributed by atoms with Crippen LogP contribution < -0.4 is 11.2 Å². The summed E-state index contributed by atoms with van der Waals surface area (Å²) in [5.41, 5.74) is 8.98. The maximum absolute atomic E-state index is 12.1. The van der Waals surface area contributed by atoms with Crippen molar-refractivity contribution in [3.8, 4) is 0 Å². The monoisotopic (exact) mass is 297 g/mol. The summed E-state index contributed by atoms with van der Waals surface area (Å²) in [5.74, 6) is -0.330. The van der Waals surface area contributed by atoms with Crippen molar-refractivity contribution in [2.75, 3.05) is 25.1 Å². The molecular weight excluding hydrogens is 278 g/mol. The number of nitrogens with zero attached hydrogens (tertiary/aromatic N) is 1. The molecule has 1 heterocycles. The number of anilines is 1. The van der Waals surface area contributed by atoms with Crippen molar-refractivity contribution < 1.29 is 13.2 Å². The molecule has 0 aromatic heterocycles. The Morgan fingerprint density at radius 3 is 2.45 bits per heavy atom. The normalized spacial score (nSPS) is 16.9. The summed E-state index contributed by atoms with van der Waals surface area (Å²) in [6.45, 7) is 1.62. The number of hydrogen-bond donors (Lipinski definition) is 2. The summed E-state index contributed by atoms with van der Waals surface area (Å²) in [7, 11) is -3.39. The van der Waals surface area contributed by atoms with Crippen LogP contribution >= 0.6 is 0 Å². The van der Waals surface area contributed by atoms with E-state index >= 15 is 0 Å². The van der Waals surface area contributed by atoms with Gasteiger partial charge in [0, 0.05) is 30.6 Å². The number of amides is 1. The van der Waals surface area contributed by atoms with Crippen molar-refractivity contribution in [2.45, 2.75) is 24.2 Å². The zero-order valence-electron chi connectivity index (χ0n) is 11.4. The standard InChI is InChI=1S/C13H19N3O3S/c1-20(18,19)12-8-10(7-11(14)9-12)13(17)15-16-5-3-2-4-6-16/h7-9H,2-6,14H2,1H3,(H,15,17). The molecule has 0 atom stereocenters. The summed E-state index contributed by atoms with van der Waals surface area (Å²) in [6.07, 6.45) is 4.36. The van der Waals surface area contributed by atoms with Gasteiger partial charge in [-0.05, 0) is 31.0 Å². The third-order valence-electron chi connectivity index (χ3n) is 3.23. The smallest absolute Gasteiger partial charge is 0.265 e. The van der Waals surface area contributed by atoms with E-state index < -0.39 is 9.84 Å². The Kier molecular flexibility index (Phi) is 4.29. The van der Waals surface area contributed by atoms with Gasteiger partial charge in [0.05, 0.1) is 4.90 Å². The predicted octanol–water partition coefficient (Wildman–Crippen LogP) is 0.803. The quantitative estimate of drug-likeness (QED) is 0.805. The van der Waals surface area contributed by atoms with Crippen LogP contribution in [0.4, 0.5) is 5.69 Å². The Morgan fingerprint density at radius 1 is 1.20 bits per heavy atom. The first-order valence-electron chi connectivity index (χ1n) is 6.53. The van der Waals surface area contributed by atoms with Gasteiger partial charge in [0.2, 0.25) is 0 Å². The number of benzene rings is 1. The van der Waals surface area contributed by atoms with Crippen molar-refractivity contribution in [3.05, 3.63) is 23.8 Å². The number of carbonyl (C=O) groups is 1. The molecule has 1 aromatic rings. The van der Waals surface area contributed by atoms with Crippen LogP contribution in [-0.4, -0.2) is 38.7 Å². The summed E-state index contributed by atoms with van der Waals surface area (Å²) in [4.78, 5) is 12.2. The van der Waals surface area contributed by atoms with Gasteiger partial charge >= 0.3 is 0 Å². The lowest BCUT2D eigenvalue weighted by atomic mass is 10.1. The molecule has 2 rings (SSSR count). The Balaban J connectivity index is 2.19. The fourth-order valence-corrected chi connectivity index (χ4v) is 2.87. The van der Waals surface area contributed by atoms with Crippen LogP contribution in [0.15, 0.2) is 23.1 Å². The number of nitrogens with two attached hydrogens (primary N) is 1. The Hall–Kier alpha value is -1.60. The largest absolute Gasteiger partial charge is 0.399 e. The van der Waals surface area contributed by atoms with Crippen LogP contribution in [0.3, 0.4) is 0 Å². The van der Waals surface area contributed by atoms with Gasteiger partial charge in [0.1, 0.15) is 0 Å². The minimum atomic E-state index is -3.39. The molecule has 0 spiro atoms. The molecular formula is C13H19N3O3S. The van der Waals surface area contributed by atoms with E-state index in [-0.39, 0.29) is 22.1 Å². The molecule has 1 aliphatic rings. The van der Waals surface area contributed by atoms with Gasteiger partial charge in [0.15, 0.2) is 9.84 Å². The highest BCUT2D eigenvalue weighted by Gasteiger charge is 2.17. The molecule has 1 aliphatic heterocycles. The second-order valence-corrected chi connectivity index (χ2v) is 7.07. The highest BCUT2D eigenvalue weighted by atomic mass is 32.2.